The monoisotopic (exact) mass is 226 g/mol. The molecule has 14 heavy (non-hydrogen) atoms. The number of hydrogen-bond acceptors (Lipinski definition) is 2. The summed E-state index contributed by atoms with van der Waals surface area (Å²) in [5.74, 6) is 0. The molecule has 74 valence electrons. The summed E-state index contributed by atoms with van der Waals surface area (Å²) in [5, 5.41) is 5.28. The van der Waals surface area contributed by atoms with Gasteiger partial charge in [0.15, 0.2) is 0 Å². The Morgan fingerprint density at radius 3 is 2.93 bits per heavy atom. The predicted molar refractivity (Wildman–Crippen MR) is 62.1 cm³/mol. The molecule has 0 radical (unpaired) electrons. The van der Waals surface area contributed by atoms with Crippen molar-refractivity contribution in [1.82, 2.24) is 4.57 Å². The minimum atomic E-state index is 0.806. The second-order valence-electron chi connectivity index (χ2n) is 3.07. The maximum atomic E-state index is 5.97. The fraction of sp³-hybridized carbons (Fsp3) is 0.200. The van der Waals surface area contributed by atoms with Crippen molar-refractivity contribution in [3.05, 3.63) is 39.8 Å². The Balaban J connectivity index is 2.02. The largest absolute Gasteiger partial charge is 0.378 e. The summed E-state index contributed by atoms with van der Waals surface area (Å²) in [7, 11) is 2.03. The molecule has 0 bridgehead atoms. The van der Waals surface area contributed by atoms with Gasteiger partial charge in [-0.1, -0.05) is 11.6 Å². The van der Waals surface area contributed by atoms with Crippen LogP contribution in [0.2, 0.25) is 4.34 Å². The van der Waals surface area contributed by atoms with Crippen molar-refractivity contribution < 1.29 is 0 Å². The van der Waals surface area contributed by atoms with Gasteiger partial charge >= 0.3 is 0 Å². The van der Waals surface area contributed by atoms with Crippen LogP contribution in [-0.2, 0) is 13.6 Å². The summed E-state index contributed by atoms with van der Waals surface area (Å²) >= 11 is 7.51. The molecule has 2 rings (SSSR count). The van der Waals surface area contributed by atoms with E-state index in [0.29, 0.717) is 0 Å². The molecule has 1 N–H and O–H groups in total. The Labute approximate surface area is 92.1 Å². The first-order valence-electron chi connectivity index (χ1n) is 4.34. The molecule has 0 aliphatic heterocycles. The molecule has 2 nitrogen and oxygen atoms in total. The van der Waals surface area contributed by atoms with Crippen molar-refractivity contribution in [3.63, 3.8) is 0 Å². The lowest BCUT2D eigenvalue weighted by atomic mass is 10.4. The quantitative estimate of drug-likeness (QED) is 0.850. The molecule has 2 aromatic heterocycles. The molecule has 0 saturated heterocycles. The Morgan fingerprint density at radius 1 is 1.50 bits per heavy atom. The first-order chi connectivity index (χ1) is 6.77. The molecule has 0 saturated carbocycles. The number of thiophene rings is 1. The van der Waals surface area contributed by atoms with E-state index in [4.69, 9.17) is 11.6 Å². The molecule has 2 aromatic rings. The average molecular weight is 227 g/mol. The molecule has 2 heterocycles. The summed E-state index contributed by atoms with van der Waals surface area (Å²) in [4.78, 5) is 0. The number of hydrogen-bond donors (Lipinski definition) is 1. The van der Waals surface area contributed by atoms with Crippen LogP contribution in [0.4, 0.5) is 5.69 Å². The minimum Gasteiger partial charge on any atom is -0.378 e. The standard InChI is InChI=1S/C10H11ClN2S/c1-13-5-2-3-8(13)7-12-9-4-6-14-10(9)11/h2-6,12H,7H2,1H3. The SMILES string of the molecule is Cn1cccc1CNc1ccsc1Cl. The van der Waals surface area contributed by atoms with Gasteiger partial charge in [-0.05, 0) is 23.6 Å². The third kappa shape index (κ3) is 1.94. The van der Waals surface area contributed by atoms with Gasteiger partial charge in [0.2, 0.25) is 0 Å². The molecular weight excluding hydrogens is 216 g/mol. The smallest absolute Gasteiger partial charge is 0.116 e. The number of nitrogens with zero attached hydrogens (tertiary/aromatic N) is 1. The maximum Gasteiger partial charge on any atom is 0.116 e. The van der Waals surface area contributed by atoms with Gasteiger partial charge in [0.1, 0.15) is 4.34 Å². The van der Waals surface area contributed by atoms with Crippen molar-refractivity contribution >= 4 is 28.6 Å². The van der Waals surface area contributed by atoms with E-state index in [1.165, 1.54) is 5.69 Å². The van der Waals surface area contributed by atoms with E-state index in [2.05, 4.69) is 16.0 Å². The van der Waals surface area contributed by atoms with E-state index in [-0.39, 0.29) is 0 Å². The van der Waals surface area contributed by atoms with Crippen LogP contribution in [0.3, 0.4) is 0 Å². The zero-order chi connectivity index (χ0) is 9.97. The van der Waals surface area contributed by atoms with E-state index < -0.39 is 0 Å². The number of halogens is 1. The Kier molecular flexibility index (Phi) is 2.79. The van der Waals surface area contributed by atoms with Crippen LogP contribution in [0.15, 0.2) is 29.8 Å². The fourth-order valence-electron chi connectivity index (χ4n) is 1.29. The average Bonchev–Trinajstić information content (AvgIpc) is 2.72. The predicted octanol–water partition coefficient (Wildman–Crippen LogP) is 3.35. The van der Waals surface area contributed by atoms with Crippen LogP contribution in [0, 0.1) is 0 Å². The van der Waals surface area contributed by atoms with Crippen molar-refractivity contribution in [2.24, 2.45) is 7.05 Å². The van der Waals surface area contributed by atoms with Crippen molar-refractivity contribution in [2.75, 3.05) is 5.32 Å². The normalized spacial score (nSPS) is 10.4. The van der Waals surface area contributed by atoms with Crippen LogP contribution in [0.25, 0.3) is 0 Å². The lowest BCUT2D eigenvalue weighted by Gasteiger charge is -2.05. The van der Waals surface area contributed by atoms with E-state index in [9.17, 15) is 0 Å². The Hall–Kier alpha value is -0.930. The second kappa shape index (κ2) is 4.07. The van der Waals surface area contributed by atoms with Gasteiger partial charge in [-0.3, -0.25) is 0 Å². The molecule has 0 aliphatic rings. The van der Waals surface area contributed by atoms with Crippen LogP contribution in [-0.4, -0.2) is 4.57 Å². The Bertz CT molecular complexity index is 379. The van der Waals surface area contributed by atoms with Crippen molar-refractivity contribution in [1.29, 1.82) is 0 Å². The van der Waals surface area contributed by atoms with E-state index >= 15 is 0 Å². The lowest BCUT2D eigenvalue weighted by Crippen LogP contribution is -2.03. The van der Waals surface area contributed by atoms with Gasteiger partial charge in [-0.2, -0.15) is 0 Å². The Morgan fingerprint density at radius 2 is 2.36 bits per heavy atom. The molecule has 0 aliphatic carbocycles. The highest BCUT2D eigenvalue weighted by atomic mass is 35.5. The van der Waals surface area contributed by atoms with E-state index in [1.807, 2.05) is 30.8 Å². The molecule has 4 heteroatoms. The number of aromatic nitrogens is 1. The number of anilines is 1. The van der Waals surface area contributed by atoms with Crippen LogP contribution in [0.1, 0.15) is 5.69 Å². The van der Waals surface area contributed by atoms with Crippen molar-refractivity contribution in [2.45, 2.75) is 6.54 Å². The fourth-order valence-corrected chi connectivity index (χ4v) is 2.16. The summed E-state index contributed by atoms with van der Waals surface area (Å²) in [6.07, 6.45) is 2.03. The second-order valence-corrected chi connectivity index (χ2v) is 4.59. The minimum absolute atomic E-state index is 0.806. The molecule has 0 fully saturated rings. The molecule has 0 atom stereocenters. The summed E-state index contributed by atoms with van der Waals surface area (Å²) in [6.45, 7) is 0.806. The van der Waals surface area contributed by atoms with E-state index in [0.717, 1.165) is 16.6 Å². The van der Waals surface area contributed by atoms with Gasteiger partial charge in [-0.25, -0.2) is 0 Å². The summed E-state index contributed by atoms with van der Waals surface area (Å²) in [6, 6.07) is 6.12. The number of aryl methyl sites for hydroxylation is 1. The van der Waals surface area contributed by atoms with Crippen LogP contribution >= 0.6 is 22.9 Å². The summed E-state index contributed by atoms with van der Waals surface area (Å²) < 4.78 is 2.91. The maximum absolute atomic E-state index is 5.97. The third-order valence-corrected chi connectivity index (χ3v) is 3.30. The number of rotatable bonds is 3. The van der Waals surface area contributed by atoms with Crippen LogP contribution < -0.4 is 5.32 Å². The molecule has 0 unspecified atom stereocenters. The topological polar surface area (TPSA) is 17.0 Å². The van der Waals surface area contributed by atoms with Gasteiger partial charge in [-0.15, -0.1) is 11.3 Å². The highest BCUT2D eigenvalue weighted by Crippen LogP contribution is 2.27. The molecular formula is C10H11ClN2S. The molecule has 0 amide bonds. The van der Waals surface area contributed by atoms with Crippen LogP contribution in [0.5, 0.6) is 0 Å². The van der Waals surface area contributed by atoms with Gasteiger partial charge in [0.05, 0.1) is 12.2 Å². The van der Waals surface area contributed by atoms with Gasteiger partial charge in [0.25, 0.3) is 0 Å². The zero-order valence-electron chi connectivity index (χ0n) is 7.83. The zero-order valence-corrected chi connectivity index (χ0v) is 9.40. The lowest BCUT2D eigenvalue weighted by molar-refractivity contribution is 0.843. The highest BCUT2D eigenvalue weighted by Gasteiger charge is 2.01. The third-order valence-electron chi connectivity index (χ3n) is 2.13. The summed E-state index contributed by atoms with van der Waals surface area (Å²) in [5.41, 5.74) is 2.25. The highest BCUT2D eigenvalue weighted by molar-refractivity contribution is 7.15. The molecule has 0 aromatic carbocycles. The van der Waals surface area contributed by atoms with Crippen molar-refractivity contribution in [3.8, 4) is 0 Å². The van der Waals surface area contributed by atoms with E-state index in [1.54, 1.807) is 11.3 Å². The number of nitrogens with one attached hydrogen (secondary N) is 1. The first kappa shape index (κ1) is 9.62. The first-order valence-corrected chi connectivity index (χ1v) is 5.60. The van der Waals surface area contributed by atoms with Gasteiger partial charge < -0.3 is 9.88 Å². The van der Waals surface area contributed by atoms with Gasteiger partial charge in [0, 0.05) is 18.9 Å². The molecule has 0 spiro atoms.